The van der Waals surface area contributed by atoms with E-state index >= 15 is 0 Å². The Morgan fingerprint density at radius 3 is 2.33 bits per heavy atom. The molecule has 0 aromatic heterocycles. The summed E-state index contributed by atoms with van der Waals surface area (Å²) in [6.45, 7) is 0.553. The Bertz CT molecular complexity index is 59.8. The molecular formula is C3H7IN2. The average Bonchev–Trinajstić information content (AvgIpc) is 1.65. The summed E-state index contributed by atoms with van der Waals surface area (Å²) >= 11 is 2.08. The van der Waals surface area contributed by atoms with Crippen molar-refractivity contribution in [3.63, 3.8) is 0 Å². The largest absolute Gasteiger partial charge is 0.404 e. The fourth-order valence-corrected chi connectivity index (χ4v) is 0.0680. The second-order valence-corrected chi connectivity index (χ2v) is 2.20. The van der Waals surface area contributed by atoms with Gasteiger partial charge in [-0.2, -0.15) is 0 Å². The lowest BCUT2D eigenvalue weighted by molar-refractivity contribution is 1.23. The molecule has 0 bridgehead atoms. The van der Waals surface area contributed by atoms with Gasteiger partial charge in [0.15, 0.2) is 0 Å². The van der Waals surface area contributed by atoms with Gasteiger partial charge < -0.3 is 11.5 Å². The molecule has 0 fully saturated rings. The van der Waals surface area contributed by atoms with Gasteiger partial charge in [-0.05, 0) is 22.6 Å². The maximum Gasteiger partial charge on any atom is 0.0251 e. The fourth-order valence-electron chi connectivity index (χ4n) is 0.0680. The molecular weight excluding hydrogens is 191 g/mol. The first-order valence-electron chi connectivity index (χ1n) is 1.57. The van der Waals surface area contributed by atoms with Crippen LogP contribution in [-0.4, -0.2) is 6.54 Å². The standard InChI is InChI=1S/C3H7IN2/c4-3(1-5)2-6/h1H,2,5-6H2/b3-1+. The van der Waals surface area contributed by atoms with Crippen molar-refractivity contribution < 1.29 is 0 Å². The summed E-state index contributed by atoms with van der Waals surface area (Å²) in [5, 5.41) is 0. The number of rotatable bonds is 1. The molecule has 0 spiro atoms. The molecule has 0 unspecified atom stereocenters. The fraction of sp³-hybridized carbons (Fsp3) is 0.333. The Morgan fingerprint density at radius 1 is 1.83 bits per heavy atom. The van der Waals surface area contributed by atoms with Crippen LogP contribution in [0.2, 0.25) is 0 Å². The zero-order chi connectivity index (χ0) is 4.99. The summed E-state index contributed by atoms with van der Waals surface area (Å²) in [6.07, 6.45) is 1.50. The molecule has 0 aliphatic rings. The van der Waals surface area contributed by atoms with Gasteiger partial charge in [0.1, 0.15) is 0 Å². The van der Waals surface area contributed by atoms with Crippen LogP contribution in [0.4, 0.5) is 0 Å². The number of halogens is 1. The van der Waals surface area contributed by atoms with E-state index in [4.69, 9.17) is 11.5 Å². The summed E-state index contributed by atoms with van der Waals surface area (Å²) in [6, 6.07) is 0. The lowest BCUT2D eigenvalue weighted by Crippen LogP contribution is -1.98. The summed E-state index contributed by atoms with van der Waals surface area (Å²) < 4.78 is 0.993. The third-order valence-electron chi connectivity index (χ3n) is 0.376. The summed E-state index contributed by atoms with van der Waals surface area (Å²) in [5.74, 6) is 0. The third kappa shape index (κ3) is 2.47. The lowest BCUT2D eigenvalue weighted by atomic mass is 10.6. The van der Waals surface area contributed by atoms with Crippen molar-refractivity contribution in [2.75, 3.05) is 6.54 Å². The molecule has 3 heteroatoms. The molecule has 0 amide bonds. The molecule has 0 rings (SSSR count). The molecule has 0 radical (unpaired) electrons. The van der Waals surface area contributed by atoms with E-state index in [-0.39, 0.29) is 0 Å². The smallest absolute Gasteiger partial charge is 0.0251 e. The third-order valence-corrected chi connectivity index (χ3v) is 1.18. The van der Waals surface area contributed by atoms with Crippen molar-refractivity contribution in [3.05, 3.63) is 9.78 Å². The van der Waals surface area contributed by atoms with Gasteiger partial charge in [0.05, 0.1) is 0 Å². The van der Waals surface area contributed by atoms with Gasteiger partial charge in [-0.1, -0.05) is 0 Å². The first-order chi connectivity index (χ1) is 2.81. The van der Waals surface area contributed by atoms with Crippen LogP contribution in [0, 0.1) is 0 Å². The predicted molar refractivity (Wildman–Crippen MR) is 35.3 cm³/mol. The quantitative estimate of drug-likeness (QED) is 0.590. The minimum atomic E-state index is 0.553. The van der Waals surface area contributed by atoms with Crippen molar-refractivity contribution >= 4 is 22.6 Å². The monoisotopic (exact) mass is 198 g/mol. The highest BCUT2D eigenvalue weighted by molar-refractivity contribution is 14.1. The number of hydrogen-bond acceptors (Lipinski definition) is 2. The number of hydrogen-bond donors (Lipinski definition) is 2. The van der Waals surface area contributed by atoms with Crippen LogP contribution in [-0.2, 0) is 0 Å². The highest BCUT2D eigenvalue weighted by Crippen LogP contribution is 1.97. The first-order valence-corrected chi connectivity index (χ1v) is 2.65. The van der Waals surface area contributed by atoms with Gasteiger partial charge in [0, 0.05) is 16.3 Å². The molecule has 0 aromatic rings. The topological polar surface area (TPSA) is 52.0 Å². The van der Waals surface area contributed by atoms with Gasteiger partial charge in [0.2, 0.25) is 0 Å². The molecule has 0 heterocycles. The molecule has 0 atom stereocenters. The Balaban J connectivity index is 3.22. The van der Waals surface area contributed by atoms with E-state index < -0.39 is 0 Å². The Kier molecular flexibility index (Phi) is 3.55. The maximum atomic E-state index is 5.13. The molecule has 0 aromatic carbocycles. The van der Waals surface area contributed by atoms with Gasteiger partial charge >= 0.3 is 0 Å². The van der Waals surface area contributed by atoms with Crippen LogP contribution in [0.25, 0.3) is 0 Å². The van der Waals surface area contributed by atoms with Crippen molar-refractivity contribution in [2.45, 2.75) is 0 Å². The molecule has 6 heavy (non-hydrogen) atoms. The van der Waals surface area contributed by atoms with Crippen LogP contribution < -0.4 is 11.5 Å². The van der Waals surface area contributed by atoms with Crippen LogP contribution >= 0.6 is 22.6 Å². The van der Waals surface area contributed by atoms with Gasteiger partial charge in [-0.15, -0.1) is 0 Å². The zero-order valence-electron chi connectivity index (χ0n) is 3.32. The minimum absolute atomic E-state index is 0.553. The van der Waals surface area contributed by atoms with Crippen LogP contribution in [0.3, 0.4) is 0 Å². The van der Waals surface area contributed by atoms with E-state index in [1.807, 2.05) is 0 Å². The molecule has 0 saturated carbocycles. The molecule has 0 aliphatic carbocycles. The van der Waals surface area contributed by atoms with E-state index in [0.29, 0.717) is 6.54 Å². The van der Waals surface area contributed by atoms with E-state index in [0.717, 1.165) is 3.58 Å². The second kappa shape index (κ2) is 3.42. The lowest BCUT2D eigenvalue weighted by Gasteiger charge is -1.83. The molecule has 2 nitrogen and oxygen atoms in total. The highest BCUT2D eigenvalue weighted by Gasteiger charge is 1.76. The molecule has 36 valence electrons. The molecule has 0 saturated heterocycles. The van der Waals surface area contributed by atoms with Crippen molar-refractivity contribution in [3.8, 4) is 0 Å². The van der Waals surface area contributed by atoms with E-state index in [1.165, 1.54) is 6.20 Å². The van der Waals surface area contributed by atoms with Gasteiger partial charge in [-0.3, -0.25) is 0 Å². The Labute approximate surface area is 50.7 Å². The summed E-state index contributed by atoms with van der Waals surface area (Å²) in [5.41, 5.74) is 10.2. The van der Waals surface area contributed by atoms with Crippen molar-refractivity contribution in [1.29, 1.82) is 0 Å². The Morgan fingerprint density at radius 2 is 2.33 bits per heavy atom. The molecule has 4 N–H and O–H groups in total. The zero-order valence-corrected chi connectivity index (χ0v) is 5.47. The summed E-state index contributed by atoms with van der Waals surface area (Å²) in [4.78, 5) is 0. The van der Waals surface area contributed by atoms with Crippen molar-refractivity contribution in [1.82, 2.24) is 0 Å². The SMILES string of the molecule is N/C=C(/I)CN. The van der Waals surface area contributed by atoms with E-state index in [1.54, 1.807) is 0 Å². The molecule has 0 aliphatic heterocycles. The van der Waals surface area contributed by atoms with E-state index in [2.05, 4.69) is 22.6 Å². The van der Waals surface area contributed by atoms with Crippen LogP contribution in [0.15, 0.2) is 9.78 Å². The normalized spacial score (nSPS) is 12.0. The van der Waals surface area contributed by atoms with E-state index in [9.17, 15) is 0 Å². The first kappa shape index (κ1) is 6.23. The second-order valence-electron chi connectivity index (χ2n) is 0.818. The van der Waals surface area contributed by atoms with Crippen LogP contribution in [0.1, 0.15) is 0 Å². The average molecular weight is 198 g/mol. The van der Waals surface area contributed by atoms with Gasteiger partial charge in [-0.25, -0.2) is 0 Å². The highest BCUT2D eigenvalue weighted by atomic mass is 127. The van der Waals surface area contributed by atoms with Crippen molar-refractivity contribution in [2.24, 2.45) is 11.5 Å². The van der Waals surface area contributed by atoms with Gasteiger partial charge in [0.25, 0.3) is 0 Å². The predicted octanol–water partition coefficient (Wildman–Crippen LogP) is 0.180. The summed E-state index contributed by atoms with van der Waals surface area (Å²) in [7, 11) is 0. The number of nitrogens with two attached hydrogens (primary N) is 2. The Hall–Kier alpha value is 0.230. The van der Waals surface area contributed by atoms with Crippen LogP contribution in [0.5, 0.6) is 0 Å². The minimum Gasteiger partial charge on any atom is -0.404 e. The maximum absolute atomic E-state index is 5.13.